The molecule has 8 heteroatoms. The Kier molecular flexibility index (Phi) is 6.34. The summed E-state index contributed by atoms with van der Waals surface area (Å²) < 4.78 is 5.79. The number of nitrogens with zero attached hydrogens (tertiary/aromatic N) is 1. The molecule has 3 unspecified atom stereocenters. The number of carbonyl (C=O) groups excluding carboxylic acids is 2. The van der Waals surface area contributed by atoms with Gasteiger partial charge in [0.05, 0.1) is 5.41 Å². The number of benzene rings is 1. The van der Waals surface area contributed by atoms with Gasteiger partial charge in [-0.25, -0.2) is 4.79 Å². The van der Waals surface area contributed by atoms with Gasteiger partial charge in [-0.15, -0.1) is 0 Å². The largest absolute Gasteiger partial charge is 0.486 e. The smallest absolute Gasteiger partial charge is 0.394 e. The first kappa shape index (κ1) is 21.7. The predicted molar refractivity (Wildman–Crippen MR) is 101 cm³/mol. The molecule has 28 heavy (non-hydrogen) atoms. The highest BCUT2D eigenvalue weighted by atomic mass is 16.5. The van der Waals surface area contributed by atoms with Crippen LogP contribution >= 0.6 is 0 Å². The molecule has 2 rings (SSSR count). The Hall–Kier alpha value is -2.61. The van der Waals surface area contributed by atoms with E-state index in [1.807, 2.05) is 0 Å². The van der Waals surface area contributed by atoms with Crippen LogP contribution in [-0.4, -0.2) is 57.8 Å². The topological polar surface area (TPSA) is 116 Å². The van der Waals surface area contributed by atoms with Crippen LogP contribution in [0.1, 0.15) is 40.0 Å². The van der Waals surface area contributed by atoms with Crippen molar-refractivity contribution in [2.24, 2.45) is 5.41 Å². The standard InChI is InChI=1S/C20H28N2O6/c1-5-19(3,18(26)22(4)14-11-12-14)20(27,21-16(23)17(24)25)13(2)28-15-9-7-6-8-10-15/h6-10,13-14,27H,5,11-12H2,1-4H3,(H,21,23)(H,24,25). The molecule has 154 valence electrons. The highest BCUT2D eigenvalue weighted by Crippen LogP contribution is 2.41. The number of aliphatic carboxylic acids is 1. The second-order valence-electron chi connectivity index (χ2n) is 7.43. The molecule has 1 aromatic carbocycles. The molecular weight excluding hydrogens is 364 g/mol. The second-order valence-corrected chi connectivity index (χ2v) is 7.43. The Labute approximate surface area is 164 Å². The zero-order valence-electron chi connectivity index (χ0n) is 16.6. The Bertz CT molecular complexity index is 735. The van der Waals surface area contributed by atoms with Crippen LogP contribution in [0.2, 0.25) is 0 Å². The van der Waals surface area contributed by atoms with Crippen LogP contribution < -0.4 is 10.1 Å². The van der Waals surface area contributed by atoms with Crippen molar-refractivity contribution in [3.05, 3.63) is 30.3 Å². The van der Waals surface area contributed by atoms with Crippen molar-refractivity contribution in [3.63, 3.8) is 0 Å². The van der Waals surface area contributed by atoms with Gasteiger partial charge in [-0.05, 0) is 45.2 Å². The summed E-state index contributed by atoms with van der Waals surface area (Å²) in [4.78, 5) is 37.9. The monoisotopic (exact) mass is 392 g/mol. The summed E-state index contributed by atoms with van der Waals surface area (Å²) in [5.74, 6) is -3.13. The molecule has 0 aromatic heterocycles. The van der Waals surface area contributed by atoms with Gasteiger partial charge >= 0.3 is 11.9 Å². The minimum absolute atomic E-state index is 0.0862. The van der Waals surface area contributed by atoms with Crippen molar-refractivity contribution < 1.29 is 29.3 Å². The van der Waals surface area contributed by atoms with E-state index in [9.17, 15) is 19.5 Å². The Morgan fingerprint density at radius 2 is 1.86 bits per heavy atom. The number of carboxylic acids is 1. The zero-order chi connectivity index (χ0) is 21.1. The van der Waals surface area contributed by atoms with Gasteiger partial charge in [-0.2, -0.15) is 0 Å². The lowest BCUT2D eigenvalue weighted by Crippen LogP contribution is -2.70. The average molecular weight is 392 g/mol. The second kappa shape index (κ2) is 8.18. The molecule has 0 saturated heterocycles. The van der Waals surface area contributed by atoms with Gasteiger partial charge in [0, 0.05) is 13.1 Å². The summed E-state index contributed by atoms with van der Waals surface area (Å²) in [7, 11) is 1.65. The van der Waals surface area contributed by atoms with E-state index in [1.54, 1.807) is 49.2 Å². The first-order chi connectivity index (χ1) is 13.1. The number of hydrogen-bond donors (Lipinski definition) is 3. The summed E-state index contributed by atoms with van der Waals surface area (Å²) in [6, 6.07) is 8.68. The number of carboxylic acid groups (broad SMARTS) is 1. The maximum Gasteiger partial charge on any atom is 0.394 e. The number of hydrogen-bond acceptors (Lipinski definition) is 5. The normalized spacial score (nSPS) is 18.9. The van der Waals surface area contributed by atoms with Crippen molar-refractivity contribution in [1.29, 1.82) is 0 Å². The van der Waals surface area contributed by atoms with Gasteiger partial charge in [0.2, 0.25) is 5.91 Å². The Morgan fingerprint density at radius 1 is 1.29 bits per heavy atom. The zero-order valence-corrected chi connectivity index (χ0v) is 16.6. The summed E-state index contributed by atoms with van der Waals surface area (Å²) >= 11 is 0. The molecule has 1 aromatic rings. The van der Waals surface area contributed by atoms with E-state index in [1.165, 1.54) is 13.8 Å². The van der Waals surface area contributed by atoms with E-state index in [0.29, 0.717) is 5.75 Å². The van der Waals surface area contributed by atoms with E-state index in [4.69, 9.17) is 9.84 Å². The van der Waals surface area contributed by atoms with Gasteiger partial charge in [0.15, 0.2) is 5.72 Å². The Balaban J connectivity index is 2.43. The summed E-state index contributed by atoms with van der Waals surface area (Å²) in [6.45, 7) is 4.71. The fourth-order valence-electron chi connectivity index (χ4n) is 3.30. The minimum Gasteiger partial charge on any atom is -0.486 e. The molecule has 3 atom stereocenters. The van der Waals surface area contributed by atoms with Crippen LogP contribution in [0, 0.1) is 5.41 Å². The number of carbonyl (C=O) groups is 3. The number of para-hydroxylation sites is 1. The van der Waals surface area contributed by atoms with E-state index in [0.717, 1.165) is 12.8 Å². The number of amides is 2. The highest BCUT2D eigenvalue weighted by Gasteiger charge is 2.58. The molecule has 3 N–H and O–H groups in total. The number of rotatable bonds is 8. The molecule has 0 spiro atoms. The Morgan fingerprint density at radius 3 is 2.32 bits per heavy atom. The molecule has 0 aliphatic heterocycles. The number of ether oxygens (including phenoxy) is 1. The van der Waals surface area contributed by atoms with Gasteiger partial charge in [0.1, 0.15) is 11.9 Å². The molecule has 8 nitrogen and oxygen atoms in total. The van der Waals surface area contributed by atoms with Gasteiger partial charge in [0.25, 0.3) is 0 Å². The van der Waals surface area contributed by atoms with Crippen molar-refractivity contribution in [2.75, 3.05) is 7.05 Å². The van der Waals surface area contributed by atoms with E-state index in [-0.39, 0.29) is 18.4 Å². The molecule has 1 fully saturated rings. The lowest BCUT2D eigenvalue weighted by Gasteiger charge is -2.47. The van der Waals surface area contributed by atoms with Crippen LogP contribution in [0.25, 0.3) is 0 Å². The molecule has 0 heterocycles. The van der Waals surface area contributed by atoms with Gasteiger partial charge < -0.3 is 25.2 Å². The fraction of sp³-hybridized carbons (Fsp3) is 0.550. The third kappa shape index (κ3) is 4.11. The SMILES string of the molecule is CCC(C)(C(=O)N(C)C1CC1)C(O)(NC(=O)C(=O)O)C(C)Oc1ccccc1. The van der Waals surface area contributed by atoms with E-state index in [2.05, 4.69) is 5.32 Å². The minimum atomic E-state index is -2.26. The average Bonchev–Trinajstić information content (AvgIpc) is 3.51. The highest BCUT2D eigenvalue weighted by molar-refractivity contribution is 6.31. The third-order valence-electron chi connectivity index (χ3n) is 5.58. The van der Waals surface area contributed by atoms with Crippen LogP contribution in [0.3, 0.4) is 0 Å². The molecule has 0 radical (unpaired) electrons. The quantitative estimate of drug-likeness (QED) is 0.455. The summed E-state index contributed by atoms with van der Waals surface area (Å²) in [5.41, 5.74) is -3.77. The molecule has 1 aliphatic carbocycles. The molecular formula is C20H28N2O6. The van der Waals surface area contributed by atoms with Crippen molar-refractivity contribution in [2.45, 2.75) is 57.9 Å². The molecule has 0 bridgehead atoms. The van der Waals surface area contributed by atoms with Crippen LogP contribution in [-0.2, 0) is 14.4 Å². The van der Waals surface area contributed by atoms with Crippen LogP contribution in [0.5, 0.6) is 5.75 Å². The van der Waals surface area contributed by atoms with Gasteiger partial charge in [-0.3, -0.25) is 9.59 Å². The summed E-state index contributed by atoms with van der Waals surface area (Å²) in [6.07, 6.45) is 0.789. The van der Waals surface area contributed by atoms with Crippen molar-refractivity contribution in [1.82, 2.24) is 10.2 Å². The third-order valence-corrected chi connectivity index (χ3v) is 5.58. The van der Waals surface area contributed by atoms with Gasteiger partial charge in [-0.1, -0.05) is 25.1 Å². The first-order valence-electron chi connectivity index (χ1n) is 9.33. The maximum absolute atomic E-state index is 13.2. The van der Waals surface area contributed by atoms with E-state index < -0.39 is 29.1 Å². The maximum atomic E-state index is 13.2. The van der Waals surface area contributed by atoms with E-state index >= 15 is 0 Å². The molecule has 2 amide bonds. The molecule has 1 saturated carbocycles. The van der Waals surface area contributed by atoms with Crippen LogP contribution in [0.15, 0.2) is 30.3 Å². The van der Waals surface area contributed by atoms with Crippen LogP contribution in [0.4, 0.5) is 0 Å². The lowest BCUT2D eigenvalue weighted by molar-refractivity contribution is -0.190. The van der Waals surface area contributed by atoms with Crippen molar-refractivity contribution in [3.8, 4) is 5.75 Å². The lowest BCUT2D eigenvalue weighted by atomic mass is 9.72. The number of aliphatic hydroxyl groups is 1. The number of nitrogens with one attached hydrogen (secondary N) is 1. The fourth-order valence-corrected chi connectivity index (χ4v) is 3.30. The van der Waals surface area contributed by atoms with Crippen molar-refractivity contribution >= 4 is 17.8 Å². The predicted octanol–water partition coefficient (Wildman–Crippen LogP) is 1.38. The molecule has 1 aliphatic rings. The summed E-state index contributed by atoms with van der Waals surface area (Å²) in [5, 5.41) is 22.7. The first-order valence-corrected chi connectivity index (χ1v) is 9.33.